The summed E-state index contributed by atoms with van der Waals surface area (Å²) in [6.07, 6.45) is 0.160. The van der Waals surface area contributed by atoms with Crippen molar-refractivity contribution < 1.29 is 9.53 Å². The molecule has 0 radical (unpaired) electrons. The van der Waals surface area contributed by atoms with E-state index >= 15 is 0 Å². The van der Waals surface area contributed by atoms with Crippen LogP contribution in [0.15, 0.2) is 0 Å². The van der Waals surface area contributed by atoms with E-state index in [1.807, 2.05) is 0 Å². The van der Waals surface area contributed by atoms with Crippen molar-refractivity contribution in [1.82, 2.24) is 10.2 Å². The van der Waals surface area contributed by atoms with Gasteiger partial charge in [-0.3, -0.25) is 4.79 Å². The fourth-order valence-electron chi connectivity index (χ4n) is 1.17. The minimum absolute atomic E-state index is 0.0872. The molecule has 1 unspecified atom stereocenters. The van der Waals surface area contributed by atoms with Crippen LogP contribution in [0.1, 0.15) is 6.92 Å². The predicted octanol–water partition coefficient (Wildman–Crippen LogP) is -0.547. The Bertz CT molecular complexity index is 155. The van der Waals surface area contributed by atoms with E-state index in [9.17, 15) is 4.79 Å². The van der Waals surface area contributed by atoms with Gasteiger partial charge >= 0.3 is 0 Å². The van der Waals surface area contributed by atoms with Gasteiger partial charge in [-0.1, -0.05) is 0 Å². The third-order valence-corrected chi connectivity index (χ3v) is 2.02. The normalized spacial score (nSPS) is 23.7. The molecular weight excluding hydrogens is 156 g/mol. The molecule has 1 fully saturated rings. The Kier molecular flexibility index (Phi) is 3.49. The van der Waals surface area contributed by atoms with Crippen LogP contribution in [0, 0.1) is 0 Å². The number of morpholine rings is 1. The molecule has 0 aromatic rings. The van der Waals surface area contributed by atoms with Gasteiger partial charge in [0, 0.05) is 33.6 Å². The molecular formula is C8H16N2O2. The molecule has 1 atom stereocenters. The van der Waals surface area contributed by atoms with Crippen LogP contribution >= 0.6 is 0 Å². The van der Waals surface area contributed by atoms with Crippen molar-refractivity contribution in [1.29, 1.82) is 0 Å². The molecule has 0 aromatic heterocycles. The molecule has 1 aliphatic heterocycles. The highest BCUT2D eigenvalue weighted by molar-refractivity contribution is 5.72. The lowest BCUT2D eigenvalue weighted by Crippen LogP contribution is -2.45. The number of hydrogen-bond acceptors (Lipinski definition) is 3. The van der Waals surface area contributed by atoms with Crippen LogP contribution in [-0.2, 0) is 9.53 Å². The Labute approximate surface area is 72.9 Å². The van der Waals surface area contributed by atoms with Crippen molar-refractivity contribution in [3.8, 4) is 0 Å². The van der Waals surface area contributed by atoms with E-state index in [1.54, 1.807) is 18.9 Å². The summed E-state index contributed by atoms with van der Waals surface area (Å²) < 4.78 is 5.44. The van der Waals surface area contributed by atoms with E-state index in [0.717, 1.165) is 19.7 Å². The monoisotopic (exact) mass is 172 g/mol. The molecule has 0 saturated carbocycles. The molecule has 1 amide bonds. The predicted molar refractivity (Wildman–Crippen MR) is 45.9 cm³/mol. The van der Waals surface area contributed by atoms with E-state index in [0.29, 0.717) is 6.54 Å². The maximum absolute atomic E-state index is 10.9. The number of ether oxygens (including phenoxy) is 1. The van der Waals surface area contributed by atoms with Crippen LogP contribution in [0.5, 0.6) is 0 Å². The van der Waals surface area contributed by atoms with Crippen molar-refractivity contribution in [2.75, 3.05) is 33.3 Å². The van der Waals surface area contributed by atoms with E-state index < -0.39 is 0 Å². The number of likely N-dealkylation sites (N-methyl/N-ethyl adjacent to an activating group) is 1. The molecule has 4 nitrogen and oxygen atoms in total. The number of nitrogens with one attached hydrogen (secondary N) is 1. The summed E-state index contributed by atoms with van der Waals surface area (Å²) in [5.41, 5.74) is 0. The number of nitrogens with zero attached hydrogens (tertiary/aromatic N) is 1. The lowest BCUT2D eigenvalue weighted by molar-refractivity contribution is -0.129. The van der Waals surface area contributed by atoms with Gasteiger partial charge in [0.05, 0.1) is 12.7 Å². The zero-order valence-electron chi connectivity index (χ0n) is 7.67. The van der Waals surface area contributed by atoms with Gasteiger partial charge in [-0.25, -0.2) is 0 Å². The minimum Gasteiger partial charge on any atom is -0.374 e. The molecule has 1 saturated heterocycles. The van der Waals surface area contributed by atoms with Gasteiger partial charge in [-0.05, 0) is 0 Å². The molecule has 1 N–H and O–H groups in total. The zero-order valence-corrected chi connectivity index (χ0v) is 7.67. The Morgan fingerprint density at radius 2 is 2.50 bits per heavy atom. The molecule has 0 spiro atoms. The highest BCUT2D eigenvalue weighted by Gasteiger charge is 2.16. The maximum atomic E-state index is 10.9. The molecule has 4 heteroatoms. The Hall–Kier alpha value is -0.610. The summed E-state index contributed by atoms with van der Waals surface area (Å²) in [7, 11) is 1.79. The molecule has 12 heavy (non-hydrogen) atoms. The number of hydrogen-bond donors (Lipinski definition) is 1. The van der Waals surface area contributed by atoms with Gasteiger partial charge in [-0.15, -0.1) is 0 Å². The largest absolute Gasteiger partial charge is 0.374 e. The lowest BCUT2D eigenvalue weighted by Gasteiger charge is -2.27. The first kappa shape index (κ1) is 9.48. The Morgan fingerprint density at radius 3 is 3.00 bits per heavy atom. The molecule has 0 aromatic carbocycles. The number of carbonyl (C=O) groups is 1. The Balaban J connectivity index is 2.24. The van der Waals surface area contributed by atoms with Crippen molar-refractivity contribution in [3.05, 3.63) is 0 Å². The van der Waals surface area contributed by atoms with Gasteiger partial charge in [0.1, 0.15) is 0 Å². The molecule has 1 heterocycles. The van der Waals surface area contributed by atoms with Crippen LogP contribution in [0.2, 0.25) is 0 Å². The van der Waals surface area contributed by atoms with Gasteiger partial charge < -0.3 is 15.0 Å². The van der Waals surface area contributed by atoms with Crippen LogP contribution in [0.4, 0.5) is 0 Å². The van der Waals surface area contributed by atoms with Gasteiger partial charge in [0.15, 0.2) is 0 Å². The van der Waals surface area contributed by atoms with E-state index in [2.05, 4.69) is 5.32 Å². The summed E-state index contributed by atoms with van der Waals surface area (Å²) >= 11 is 0. The third kappa shape index (κ3) is 2.79. The van der Waals surface area contributed by atoms with Crippen LogP contribution in [-0.4, -0.2) is 50.2 Å². The summed E-state index contributed by atoms with van der Waals surface area (Å²) in [5, 5.41) is 3.22. The fourth-order valence-corrected chi connectivity index (χ4v) is 1.17. The van der Waals surface area contributed by atoms with Gasteiger partial charge in [-0.2, -0.15) is 0 Å². The minimum atomic E-state index is 0.0872. The lowest BCUT2D eigenvalue weighted by atomic mass is 10.3. The molecule has 1 rings (SSSR count). The average molecular weight is 172 g/mol. The number of carbonyl (C=O) groups excluding carboxylic acids is 1. The van der Waals surface area contributed by atoms with Crippen LogP contribution in [0.25, 0.3) is 0 Å². The van der Waals surface area contributed by atoms with E-state index in [-0.39, 0.29) is 12.0 Å². The maximum Gasteiger partial charge on any atom is 0.219 e. The molecule has 1 aliphatic rings. The quantitative estimate of drug-likeness (QED) is 0.608. The van der Waals surface area contributed by atoms with Gasteiger partial charge in [0.2, 0.25) is 5.91 Å². The van der Waals surface area contributed by atoms with E-state index in [4.69, 9.17) is 4.74 Å². The molecule has 0 aliphatic carbocycles. The first-order chi connectivity index (χ1) is 5.70. The molecule has 0 bridgehead atoms. The van der Waals surface area contributed by atoms with Crippen molar-refractivity contribution in [2.45, 2.75) is 13.0 Å². The average Bonchev–Trinajstić information content (AvgIpc) is 2.06. The smallest absolute Gasteiger partial charge is 0.219 e. The third-order valence-electron chi connectivity index (χ3n) is 2.02. The molecule has 70 valence electrons. The fraction of sp³-hybridized carbons (Fsp3) is 0.875. The summed E-state index contributed by atoms with van der Waals surface area (Å²) in [6.45, 7) is 4.76. The van der Waals surface area contributed by atoms with Crippen LogP contribution in [0.3, 0.4) is 0 Å². The summed E-state index contributed by atoms with van der Waals surface area (Å²) in [4.78, 5) is 12.5. The second-order valence-electron chi connectivity index (χ2n) is 3.10. The van der Waals surface area contributed by atoms with Crippen molar-refractivity contribution in [2.24, 2.45) is 0 Å². The number of amides is 1. The highest BCUT2D eigenvalue weighted by atomic mass is 16.5. The summed E-state index contributed by atoms with van der Waals surface area (Å²) in [6, 6.07) is 0. The zero-order chi connectivity index (χ0) is 8.97. The second-order valence-corrected chi connectivity index (χ2v) is 3.10. The van der Waals surface area contributed by atoms with Gasteiger partial charge in [0.25, 0.3) is 0 Å². The SMILES string of the molecule is CC(=O)N(C)CC1CNCCO1. The second kappa shape index (κ2) is 4.42. The van der Waals surface area contributed by atoms with Crippen LogP contribution < -0.4 is 5.32 Å². The van der Waals surface area contributed by atoms with Crippen molar-refractivity contribution in [3.63, 3.8) is 0 Å². The standard InChI is InChI=1S/C8H16N2O2/c1-7(11)10(2)6-8-5-9-3-4-12-8/h8-9H,3-6H2,1-2H3. The van der Waals surface area contributed by atoms with E-state index in [1.165, 1.54) is 0 Å². The topological polar surface area (TPSA) is 41.6 Å². The number of rotatable bonds is 2. The highest BCUT2D eigenvalue weighted by Crippen LogP contribution is 1.98. The first-order valence-electron chi connectivity index (χ1n) is 4.24. The van der Waals surface area contributed by atoms with Crippen molar-refractivity contribution >= 4 is 5.91 Å². The summed E-state index contributed by atoms with van der Waals surface area (Å²) in [5.74, 6) is 0.0872. The first-order valence-corrected chi connectivity index (χ1v) is 4.24. The Morgan fingerprint density at radius 1 is 1.75 bits per heavy atom.